The minimum Gasteiger partial charge on any atom is -0.394 e. The van der Waals surface area contributed by atoms with Gasteiger partial charge in [-0.3, -0.25) is 4.79 Å². The second-order valence-corrected chi connectivity index (χ2v) is 14.7. The Hall–Kier alpha value is -3.99. The summed E-state index contributed by atoms with van der Waals surface area (Å²) in [7, 11) is 0. The van der Waals surface area contributed by atoms with Crippen LogP contribution < -0.4 is 5.32 Å². The number of rotatable bonds is 39. The van der Waals surface area contributed by atoms with Crippen LogP contribution in [0.5, 0.6) is 0 Å². The Bertz CT molecular complexity index is 1330. The van der Waals surface area contributed by atoms with Gasteiger partial charge in [0, 0.05) is 6.42 Å². The van der Waals surface area contributed by atoms with Crippen LogP contribution in [0.3, 0.4) is 0 Å². The van der Waals surface area contributed by atoms with Gasteiger partial charge in [-0.2, -0.15) is 0 Å². The van der Waals surface area contributed by atoms with Crippen LogP contribution in [0.15, 0.2) is 158 Å². The topological polar surface area (TPSA) is 69.6 Å². The third-order valence-electron chi connectivity index (χ3n) is 9.27. The lowest BCUT2D eigenvalue weighted by Crippen LogP contribution is -2.45. The molecule has 0 heterocycles. The zero-order chi connectivity index (χ0) is 42.8. The van der Waals surface area contributed by atoms with Crippen LogP contribution in [0.4, 0.5) is 0 Å². The molecule has 2 unspecified atom stereocenters. The summed E-state index contributed by atoms with van der Waals surface area (Å²) < 4.78 is 0. The number of hydrogen-bond acceptors (Lipinski definition) is 3. The predicted octanol–water partition coefficient (Wildman–Crippen LogP) is 15.1. The van der Waals surface area contributed by atoms with Crippen LogP contribution in [0.2, 0.25) is 0 Å². The van der Waals surface area contributed by atoms with E-state index in [1.54, 1.807) is 6.08 Å². The van der Waals surface area contributed by atoms with Gasteiger partial charge in [0.25, 0.3) is 0 Å². The lowest BCUT2D eigenvalue weighted by atomic mass is 10.1. The average molecular weight is 808 g/mol. The van der Waals surface area contributed by atoms with E-state index in [-0.39, 0.29) is 12.5 Å². The molecule has 0 saturated carbocycles. The van der Waals surface area contributed by atoms with Gasteiger partial charge in [-0.15, -0.1) is 0 Å². The van der Waals surface area contributed by atoms with Gasteiger partial charge in [0.05, 0.1) is 18.8 Å². The fraction of sp³-hybridized carbons (Fsp3) is 0.509. The molecule has 4 heteroatoms. The highest BCUT2D eigenvalue weighted by atomic mass is 16.3. The zero-order valence-corrected chi connectivity index (χ0v) is 37.4. The number of carbonyl (C=O) groups is 1. The first kappa shape index (κ1) is 55.0. The predicted molar refractivity (Wildman–Crippen MR) is 261 cm³/mol. The Morgan fingerprint density at radius 3 is 1.10 bits per heavy atom. The molecule has 3 N–H and O–H groups in total. The molecule has 1 amide bonds. The van der Waals surface area contributed by atoms with Gasteiger partial charge < -0.3 is 15.5 Å². The Labute approximate surface area is 363 Å². The molecule has 0 bridgehead atoms. The molecule has 59 heavy (non-hydrogen) atoms. The molecule has 328 valence electrons. The molecule has 2 atom stereocenters. The van der Waals surface area contributed by atoms with E-state index >= 15 is 0 Å². The number of unbranched alkanes of at least 4 members (excludes halogenated alkanes) is 8. The van der Waals surface area contributed by atoms with Gasteiger partial charge >= 0.3 is 0 Å². The molecule has 0 aromatic heterocycles. The summed E-state index contributed by atoms with van der Waals surface area (Å²) in [5.41, 5.74) is 0. The van der Waals surface area contributed by atoms with E-state index < -0.39 is 12.1 Å². The molecule has 0 spiro atoms. The maximum atomic E-state index is 12.3. The molecular weight excluding hydrogens is 723 g/mol. The molecule has 0 saturated heterocycles. The quantitative estimate of drug-likeness (QED) is 0.0428. The van der Waals surface area contributed by atoms with Crippen LogP contribution in [0.25, 0.3) is 0 Å². The third-order valence-corrected chi connectivity index (χ3v) is 9.27. The number of allylic oxidation sites excluding steroid dienone is 25. The first-order chi connectivity index (χ1) is 29.2. The van der Waals surface area contributed by atoms with Crippen LogP contribution in [0.1, 0.15) is 162 Å². The van der Waals surface area contributed by atoms with Crippen molar-refractivity contribution in [3.63, 3.8) is 0 Å². The SMILES string of the molecule is CC/C=C\C/C=C\C/C=C\C/C=C\C/C=C\C/C=C\C/C=C\C/C=C\C/C=C\C/C=C\C/C=C\C/C=C\CCCCCCC(=O)NC(CO)C(O)/C=C/CCCCCC. The zero-order valence-electron chi connectivity index (χ0n) is 37.4. The van der Waals surface area contributed by atoms with Gasteiger partial charge in [-0.1, -0.05) is 204 Å². The summed E-state index contributed by atoms with van der Waals surface area (Å²) in [5, 5.41) is 22.7. The van der Waals surface area contributed by atoms with Crippen molar-refractivity contribution < 1.29 is 15.0 Å². The number of aliphatic hydroxyl groups is 2. The van der Waals surface area contributed by atoms with Crippen molar-refractivity contribution >= 4 is 5.91 Å². The highest BCUT2D eigenvalue weighted by Gasteiger charge is 2.17. The molecule has 4 nitrogen and oxygen atoms in total. The lowest BCUT2D eigenvalue weighted by Gasteiger charge is -2.19. The molecule has 0 aliphatic rings. The third kappa shape index (κ3) is 45.0. The van der Waals surface area contributed by atoms with Gasteiger partial charge in [-0.25, -0.2) is 0 Å². The van der Waals surface area contributed by atoms with Crippen molar-refractivity contribution in [3.05, 3.63) is 158 Å². The van der Waals surface area contributed by atoms with Crippen molar-refractivity contribution in [1.82, 2.24) is 5.32 Å². The van der Waals surface area contributed by atoms with Crippen molar-refractivity contribution in [2.75, 3.05) is 6.61 Å². The summed E-state index contributed by atoms with van der Waals surface area (Å²) in [5.74, 6) is -0.103. The first-order valence-electron chi connectivity index (χ1n) is 23.2. The monoisotopic (exact) mass is 808 g/mol. The van der Waals surface area contributed by atoms with Crippen LogP contribution in [-0.4, -0.2) is 34.9 Å². The number of amides is 1. The highest BCUT2D eigenvalue weighted by Crippen LogP contribution is 2.08. The second-order valence-electron chi connectivity index (χ2n) is 14.7. The Morgan fingerprint density at radius 2 is 0.746 bits per heavy atom. The molecule has 0 aliphatic heterocycles. The first-order valence-corrected chi connectivity index (χ1v) is 23.2. The van der Waals surface area contributed by atoms with Gasteiger partial charge in [0.1, 0.15) is 0 Å². The molecule has 0 rings (SSSR count). The average Bonchev–Trinajstić information content (AvgIpc) is 3.24. The summed E-state index contributed by atoms with van der Waals surface area (Å²) >= 11 is 0. The normalized spacial score (nSPS) is 14.4. The molecule has 0 fully saturated rings. The molecule has 0 radical (unpaired) electrons. The van der Waals surface area contributed by atoms with Crippen LogP contribution in [-0.2, 0) is 4.79 Å². The Kier molecular flexibility index (Phi) is 45.1. The molecule has 0 aromatic rings. The van der Waals surface area contributed by atoms with E-state index in [0.29, 0.717) is 6.42 Å². The largest absolute Gasteiger partial charge is 0.394 e. The van der Waals surface area contributed by atoms with E-state index in [2.05, 4.69) is 165 Å². The minimum absolute atomic E-state index is 0.103. The second kappa shape index (κ2) is 48.4. The maximum absolute atomic E-state index is 12.3. The van der Waals surface area contributed by atoms with E-state index in [1.807, 2.05) is 6.08 Å². The van der Waals surface area contributed by atoms with Crippen LogP contribution >= 0.6 is 0 Å². The van der Waals surface area contributed by atoms with Crippen LogP contribution in [0, 0.1) is 0 Å². The van der Waals surface area contributed by atoms with E-state index in [9.17, 15) is 15.0 Å². The fourth-order valence-electron chi connectivity index (χ4n) is 5.74. The van der Waals surface area contributed by atoms with Gasteiger partial charge in [0.2, 0.25) is 5.91 Å². The number of aliphatic hydroxyl groups excluding tert-OH is 2. The minimum atomic E-state index is -0.857. The lowest BCUT2D eigenvalue weighted by molar-refractivity contribution is -0.123. The van der Waals surface area contributed by atoms with Crippen molar-refractivity contribution in [3.8, 4) is 0 Å². The summed E-state index contributed by atoms with van der Waals surface area (Å²) in [6.07, 6.45) is 79.6. The van der Waals surface area contributed by atoms with Gasteiger partial charge in [-0.05, 0) is 109 Å². The summed E-state index contributed by atoms with van der Waals surface area (Å²) in [4.78, 5) is 12.3. The fourth-order valence-corrected chi connectivity index (χ4v) is 5.74. The van der Waals surface area contributed by atoms with E-state index in [1.165, 1.54) is 19.3 Å². The number of hydrogen-bond donors (Lipinski definition) is 3. The van der Waals surface area contributed by atoms with Crippen molar-refractivity contribution in [2.45, 2.75) is 174 Å². The number of carbonyl (C=O) groups excluding carboxylic acids is 1. The summed E-state index contributed by atoms with van der Waals surface area (Å²) in [6, 6.07) is -0.643. The highest BCUT2D eigenvalue weighted by molar-refractivity contribution is 5.76. The van der Waals surface area contributed by atoms with Gasteiger partial charge in [0.15, 0.2) is 0 Å². The van der Waals surface area contributed by atoms with Crippen molar-refractivity contribution in [1.29, 1.82) is 0 Å². The smallest absolute Gasteiger partial charge is 0.220 e. The van der Waals surface area contributed by atoms with Crippen molar-refractivity contribution in [2.24, 2.45) is 0 Å². The standard InChI is InChI=1S/C55H85NO3/c1-3-5-7-9-11-12-13-14-15-16-17-18-19-20-21-22-23-24-25-26-27-28-29-30-31-32-33-34-35-36-37-38-39-40-41-42-43-44-45-47-49-51-55(59)56-53(52-57)54(58)50-48-46-10-8-6-4-2/h5,7,11-12,14-15,17-18,20-21,23-24,26-27,29-30,32-33,35-36,38-39,41-42,48,50,53-54,57-58H,3-4,6,8-10,13,16,19,22,25,28,31,34,37,40,43-47,49,51-52H2,1-2H3,(H,56,59)/b7-5-,12-11-,15-14-,18-17-,21-20-,24-23-,27-26-,30-29-,33-32-,36-35-,39-38-,42-41-,50-48+. The molecular formula is C55H85NO3. The molecule has 0 aliphatic carbocycles. The molecule has 0 aromatic carbocycles. The maximum Gasteiger partial charge on any atom is 0.220 e. The van der Waals surface area contributed by atoms with E-state index in [4.69, 9.17) is 0 Å². The Balaban J connectivity index is 3.71. The Morgan fingerprint density at radius 1 is 0.424 bits per heavy atom. The number of nitrogens with one attached hydrogen (secondary N) is 1. The van der Waals surface area contributed by atoms with E-state index in [0.717, 1.165) is 122 Å². The summed E-state index contributed by atoms with van der Waals surface area (Å²) in [6.45, 7) is 4.08.